The third-order valence-electron chi connectivity index (χ3n) is 4.58. The van der Waals surface area contributed by atoms with Crippen molar-refractivity contribution in [3.8, 4) is 0 Å². The number of aryl methyl sites for hydroxylation is 1. The van der Waals surface area contributed by atoms with Crippen LogP contribution in [0.3, 0.4) is 0 Å². The van der Waals surface area contributed by atoms with Crippen molar-refractivity contribution >= 4 is 5.91 Å². The standard InChI is InChI=1S/C17H25NO/c1-16(2)9-10-17(3,4)14-11-12(5-7-13(14)16)6-8-15(18)19/h5,7,11H,6,8-10H2,1-4H3,(H2,18,19). The fraction of sp³-hybridized carbons (Fsp3) is 0.588. The molecule has 2 heteroatoms. The summed E-state index contributed by atoms with van der Waals surface area (Å²) in [5, 5.41) is 0. The van der Waals surface area contributed by atoms with Gasteiger partial charge in [0.1, 0.15) is 0 Å². The number of nitrogens with two attached hydrogens (primary N) is 1. The molecule has 1 aliphatic rings. The Labute approximate surface area is 116 Å². The highest BCUT2D eigenvalue weighted by Crippen LogP contribution is 2.45. The Kier molecular flexibility index (Phi) is 3.46. The lowest BCUT2D eigenvalue weighted by Gasteiger charge is -2.42. The van der Waals surface area contributed by atoms with Crippen molar-refractivity contribution in [3.05, 3.63) is 34.9 Å². The van der Waals surface area contributed by atoms with Crippen LogP contribution >= 0.6 is 0 Å². The van der Waals surface area contributed by atoms with Gasteiger partial charge >= 0.3 is 0 Å². The highest BCUT2D eigenvalue weighted by molar-refractivity contribution is 5.74. The first-order chi connectivity index (χ1) is 8.72. The van der Waals surface area contributed by atoms with Crippen molar-refractivity contribution < 1.29 is 4.79 Å². The van der Waals surface area contributed by atoms with Crippen LogP contribution in [0.25, 0.3) is 0 Å². The Balaban J connectivity index is 2.39. The first-order valence-corrected chi connectivity index (χ1v) is 7.15. The molecular weight excluding hydrogens is 234 g/mol. The van der Waals surface area contributed by atoms with Gasteiger partial charge in [-0.15, -0.1) is 0 Å². The Morgan fingerprint density at radius 2 is 1.68 bits per heavy atom. The van der Waals surface area contributed by atoms with Gasteiger partial charge in [-0.05, 0) is 46.8 Å². The van der Waals surface area contributed by atoms with Gasteiger partial charge in [-0.2, -0.15) is 0 Å². The molecule has 1 aromatic rings. The first kappa shape index (κ1) is 14.1. The number of carbonyl (C=O) groups is 1. The predicted octanol–water partition coefficient (Wildman–Crippen LogP) is 3.45. The van der Waals surface area contributed by atoms with E-state index in [0.717, 1.165) is 6.42 Å². The van der Waals surface area contributed by atoms with E-state index >= 15 is 0 Å². The van der Waals surface area contributed by atoms with Crippen molar-refractivity contribution in [2.24, 2.45) is 5.73 Å². The van der Waals surface area contributed by atoms with Crippen LogP contribution < -0.4 is 5.73 Å². The Morgan fingerprint density at radius 3 is 2.26 bits per heavy atom. The van der Waals surface area contributed by atoms with Gasteiger partial charge < -0.3 is 5.73 Å². The molecule has 0 heterocycles. The molecule has 0 radical (unpaired) electrons. The number of hydrogen-bond donors (Lipinski definition) is 1. The monoisotopic (exact) mass is 259 g/mol. The molecule has 1 aliphatic carbocycles. The van der Waals surface area contributed by atoms with E-state index < -0.39 is 0 Å². The van der Waals surface area contributed by atoms with Gasteiger partial charge in [-0.1, -0.05) is 45.9 Å². The summed E-state index contributed by atoms with van der Waals surface area (Å²) in [5.74, 6) is -0.225. The van der Waals surface area contributed by atoms with Crippen molar-refractivity contribution in [2.45, 2.75) is 64.2 Å². The van der Waals surface area contributed by atoms with Crippen LogP contribution in [-0.4, -0.2) is 5.91 Å². The Bertz CT molecular complexity index is 500. The lowest BCUT2D eigenvalue weighted by Crippen LogP contribution is -2.33. The van der Waals surface area contributed by atoms with E-state index in [1.54, 1.807) is 0 Å². The summed E-state index contributed by atoms with van der Waals surface area (Å²) in [6, 6.07) is 6.71. The van der Waals surface area contributed by atoms with Crippen LogP contribution in [0.15, 0.2) is 18.2 Å². The fourth-order valence-electron chi connectivity index (χ4n) is 3.06. The molecule has 1 amide bonds. The third kappa shape index (κ3) is 2.83. The molecule has 0 fully saturated rings. The summed E-state index contributed by atoms with van der Waals surface area (Å²) in [7, 11) is 0. The number of fused-ring (bicyclic) bond motifs is 1. The minimum atomic E-state index is -0.225. The zero-order valence-corrected chi connectivity index (χ0v) is 12.5. The maximum Gasteiger partial charge on any atom is 0.217 e. The average molecular weight is 259 g/mol. The van der Waals surface area contributed by atoms with E-state index in [0.29, 0.717) is 6.42 Å². The molecule has 0 aliphatic heterocycles. The van der Waals surface area contributed by atoms with Crippen molar-refractivity contribution in [3.63, 3.8) is 0 Å². The summed E-state index contributed by atoms with van der Waals surface area (Å²) in [5.41, 5.74) is 9.86. The molecule has 0 atom stereocenters. The number of hydrogen-bond acceptors (Lipinski definition) is 1. The van der Waals surface area contributed by atoms with E-state index in [-0.39, 0.29) is 16.7 Å². The summed E-state index contributed by atoms with van der Waals surface area (Å²) in [4.78, 5) is 10.9. The van der Waals surface area contributed by atoms with Gasteiger partial charge in [0.2, 0.25) is 5.91 Å². The molecule has 2 rings (SSSR count). The fourth-order valence-corrected chi connectivity index (χ4v) is 3.06. The number of amides is 1. The van der Waals surface area contributed by atoms with Crippen molar-refractivity contribution in [1.82, 2.24) is 0 Å². The minimum Gasteiger partial charge on any atom is -0.370 e. The molecule has 104 valence electrons. The van der Waals surface area contributed by atoms with Crippen LogP contribution in [-0.2, 0) is 22.0 Å². The molecule has 0 aromatic heterocycles. The zero-order chi connectivity index (χ0) is 14.3. The second-order valence-corrected chi connectivity index (χ2v) is 7.11. The van der Waals surface area contributed by atoms with Gasteiger partial charge in [0.25, 0.3) is 0 Å². The summed E-state index contributed by atoms with van der Waals surface area (Å²) in [6.45, 7) is 9.28. The van der Waals surface area contributed by atoms with Crippen LogP contribution in [0.2, 0.25) is 0 Å². The summed E-state index contributed by atoms with van der Waals surface area (Å²) < 4.78 is 0. The molecule has 0 saturated carbocycles. The van der Waals surface area contributed by atoms with Gasteiger partial charge in [0.15, 0.2) is 0 Å². The third-order valence-corrected chi connectivity index (χ3v) is 4.58. The van der Waals surface area contributed by atoms with Gasteiger partial charge in [0.05, 0.1) is 0 Å². The SMILES string of the molecule is CC1(C)CCC(C)(C)c2cc(CCC(N)=O)ccc21. The van der Waals surface area contributed by atoms with E-state index in [2.05, 4.69) is 45.9 Å². The number of carbonyl (C=O) groups excluding carboxylic acids is 1. The maximum absolute atomic E-state index is 10.9. The second kappa shape index (κ2) is 4.66. The largest absolute Gasteiger partial charge is 0.370 e. The smallest absolute Gasteiger partial charge is 0.217 e. The highest BCUT2D eigenvalue weighted by Gasteiger charge is 2.36. The first-order valence-electron chi connectivity index (χ1n) is 7.15. The molecular formula is C17H25NO. The molecule has 0 spiro atoms. The molecule has 0 unspecified atom stereocenters. The zero-order valence-electron chi connectivity index (χ0n) is 12.5. The lowest BCUT2D eigenvalue weighted by atomic mass is 9.63. The summed E-state index contributed by atoms with van der Waals surface area (Å²) >= 11 is 0. The number of benzene rings is 1. The van der Waals surface area contributed by atoms with Crippen LogP contribution in [0.5, 0.6) is 0 Å². The lowest BCUT2D eigenvalue weighted by molar-refractivity contribution is -0.117. The molecule has 2 N–H and O–H groups in total. The van der Waals surface area contributed by atoms with Gasteiger partial charge in [-0.25, -0.2) is 0 Å². The topological polar surface area (TPSA) is 43.1 Å². The van der Waals surface area contributed by atoms with Gasteiger partial charge in [-0.3, -0.25) is 4.79 Å². The Morgan fingerprint density at radius 1 is 1.11 bits per heavy atom. The minimum absolute atomic E-state index is 0.225. The van der Waals surface area contributed by atoms with E-state index in [1.165, 1.54) is 29.5 Å². The Hall–Kier alpha value is -1.31. The van der Waals surface area contributed by atoms with Crippen LogP contribution in [0, 0.1) is 0 Å². The van der Waals surface area contributed by atoms with E-state index in [4.69, 9.17) is 5.73 Å². The average Bonchev–Trinajstić information content (AvgIpc) is 2.32. The molecule has 19 heavy (non-hydrogen) atoms. The molecule has 1 aromatic carbocycles. The van der Waals surface area contributed by atoms with Gasteiger partial charge in [0, 0.05) is 6.42 Å². The molecule has 2 nitrogen and oxygen atoms in total. The summed E-state index contributed by atoms with van der Waals surface area (Å²) in [6.07, 6.45) is 3.63. The normalized spacial score (nSPS) is 19.8. The maximum atomic E-state index is 10.9. The van der Waals surface area contributed by atoms with Crippen molar-refractivity contribution in [1.29, 1.82) is 0 Å². The van der Waals surface area contributed by atoms with E-state index in [1.807, 2.05) is 0 Å². The number of rotatable bonds is 3. The van der Waals surface area contributed by atoms with E-state index in [9.17, 15) is 4.79 Å². The van der Waals surface area contributed by atoms with Crippen molar-refractivity contribution in [2.75, 3.05) is 0 Å². The quantitative estimate of drug-likeness (QED) is 0.887. The molecule has 0 bridgehead atoms. The highest BCUT2D eigenvalue weighted by atomic mass is 16.1. The number of primary amides is 1. The van der Waals surface area contributed by atoms with Crippen LogP contribution in [0.4, 0.5) is 0 Å². The predicted molar refractivity (Wildman–Crippen MR) is 79.2 cm³/mol. The molecule has 0 saturated heterocycles. The second-order valence-electron chi connectivity index (χ2n) is 7.11. The van der Waals surface area contributed by atoms with Crippen LogP contribution in [0.1, 0.15) is 63.6 Å².